The average Bonchev–Trinajstić information content (AvgIpc) is 2.72. The van der Waals surface area contributed by atoms with Crippen LogP contribution in [0.3, 0.4) is 0 Å². The normalized spacial score (nSPS) is 19.5. The maximum Gasteiger partial charge on any atom is 0.277 e. The third kappa shape index (κ3) is 4.07. The first-order valence-corrected chi connectivity index (χ1v) is 9.87. The van der Waals surface area contributed by atoms with E-state index in [-0.39, 0.29) is 17.4 Å². The van der Waals surface area contributed by atoms with Gasteiger partial charge < -0.3 is 5.32 Å². The minimum absolute atomic E-state index is 0.00802. The standard InChI is InChI=1S/C21H21ClN4O2/c22-16-9-11-17(12-10-16)23-20(27)15-7-5-14(6-8-15)13-26-21(28)18-3-1-2-4-19(18)24-25-26/h1-4,9-12,14-15H,5-8,13H2,(H,23,27). The SMILES string of the molecule is O=C(Nc1ccc(Cl)cc1)C1CCC(Cn2nnc3ccccc3c2=O)CC1. The molecule has 2 aromatic carbocycles. The van der Waals surface area contributed by atoms with Crippen LogP contribution in [0.4, 0.5) is 5.69 Å². The molecule has 4 rings (SSSR count). The Labute approximate surface area is 167 Å². The monoisotopic (exact) mass is 396 g/mol. The first-order chi connectivity index (χ1) is 13.6. The van der Waals surface area contributed by atoms with E-state index in [0.29, 0.717) is 28.4 Å². The highest BCUT2D eigenvalue weighted by molar-refractivity contribution is 6.30. The summed E-state index contributed by atoms with van der Waals surface area (Å²) in [5, 5.41) is 12.4. The molecular weight excluding hydrogens is 376 g/mol. The predicted octanol–water partition coefficient (Wildman–Crippen LogP) is 3.89. The molecule has 1 aliphatic rings. The minimum atomic E-state index is -0.104. The van der Waals surface area contributed by atoms with Gasteiger partial charge in [0.1, 0.15) is 5.52 Å². The summed E-state index contributed by atoms with van der Waals surface area (Å²) in [6, 6.07) is 14.4. The van der Waals surface area contributed by atoms with Crippen molar-refractivity contribution < 1.29 is 4.79 Å². The Hall–Kier alpha value is -2.73. The quantitative estimate of drug-likeness (QED) is 0.725. The van der Waals surface area contributed by atoms with Crippen LogP contribution in [0, 0.1) is 11.8 Å². The molecule has 1 saturated carbocycles. The van der Waals surface area contributed by atoms with Gasteiger partial charge in [0.2, 0.25) is 5.91 Å². The molecule has 0 aliphatic heterocycles. The number of amides is 1. The maximum absolute atomic E-state index is 12.6. The van der Waals surface area contributed by atoms with E-state index >= 15 is 0 Å². The highest BCUT2D eigenvalue weighted by atomic mass is 35.5. The summed E-state index contributed by atoms with van der Waals surface area (Å²) in [4.78, 5) is 25.1. The first kappa shape index (κ1) is 18.6. The van der Waals surface area contributed by atoms with E-state index in [1.54, 1.807) is 36.4 Å². The van der Waals surface area contributed by atoms with E-state index in [1.165, 1.54) is 4.68 Å². The molecule has 0 bridgehead atoms. The van der Waals surface area contributed by atoms with Gasteiger partial charge in [0.05, 0.1) is 5.39 Å². The van der Waals surface area contributed by atoms with E-state index < -0.39 is 0 Å². The molecule has 1 N–H and O–H groups in total. The minimum Gasteiger partial charge on any atom is -0.326 e. The Kier molecular flexibility index (Phi) is 5.39. The molecule has 7 heteroatoms. The van der Waals surface area contributed by atoms with Crippen LogP contribution in [0.2, 0.25) is 5.02 Å². The van der Waals surface area contributed by atoms with E-state index in [1.807, 2.05) is 12.1 Å². The smallest absolute Gasteiger partial charge is 0.277 e. The molecule has 28 heavy (non-hydrogen) atoms. The van der Waals surface area contributed by atoms with Crippen LogP contribution in [0.1, 0.15) is 25.7 Å². The number of carbonyl (C=O) groups is 1. The summed E-state index contributed by atoms with van der Waals surface area (Å²) in [5.74, 6) is 0.363. The lowest BCUT2D eigenvalue weighted by Crippen LogP contribution is -2.32. The summed E-state index contributed by atoms with van der Waals surface area (Å²) < 4.78 is 1.46. The molecule has 0 atom stereocenters. The fourth-order valence-electron chi connectivity index (χ4n) is 3.77. The molecule has 0 radical (unpaired) electrons. The third-order valence-electron chi connectivity index (χ3n) is 5.39. The number of anilines is 1. The number of halogens is 1. The second-order valence-electron chi connectivity index (χ2n) is 7.31. The lowest BCUT2D eigenvalue weighted by molar-refractivity contribution is -0.121. The zero-order valence-electron chi connectivity index (χ0n) is 15.3. The van der Waals surface area contributed by atoms with Gasteiger partial charge in [-0.2, -0.15) is 0 Å². The second-order valence-corrected chi connectivity index (χ2v) is 7.74. The zero-order chi connectivity index (χ0) is 19.5. The third-order valence-corrected chi connectivity index (χ3v) is 5.64. The lowest BCUT2D eigenvalue weighted by atomic mass is 9.81. The molecule has 1 fully saturated rings. The number of aromatic nitrogens is 3. The van der Waals surface area contributed by atoms with Crippen molar-refractivity contribution in [2.45, 2.75) is 32.2 Å². The van der Waals surface area contributed by atoms with Crippen molar-refractivity contribution in [2.24, 2.45) is 11.8 Å². The van der Waals surface area contributed by atoms with Crippen LogP contribution in [-0.4, -0.2) is 20.9 Å². The highest BCUT2D eigenvalue weighted by Gasteiger charge is 2.27. The number of hydrogen-bond donors (Lipinski definition) is 1. The number of hydrogen-bond acceptors (Lipinski definition) is 4. The van der Waals surface area contributed by atoms with Crippen molar-refractivity contribution in [1.29, 1.82) is 0 Å². The Morgan fingerprint density at radius 1 is 1.07 bits per heavy atom. The van der Waals surface area contributed by atoms with Crippen molar-refractivity contribution in [1.82, 2.24) is 15.0 Å². The highest BCUT2D eigenvalue weighted by Crippen LogP contribution is 2.30. The molecule has 144 valence electrons. The van der Waals surface area contributed by atoms with Gasteiger partial charge in [-0.1, -0.05) is 28.9 Å². The summed E-state index contributed by atoms with van der Waals surface area (Å²) >= 11 is 5.88. The molecule has 0 unspecified atom stereocenters. The second kappa shape index (κ2) is 8.10. The van der Waals surface area contributed by atoms with Crippen molar-refractivity contribution in [3.63, 3.8) is 0 Å². The van der Waals surface area contributed by atoms with Crippen LogP contribution in [0.25, 0.3) is 10.9 Å². The topological polar surface area (TPSA) is 76.9 Å². The van der Waals surface area contributed by atoms with E-state index in [4.69, 9.17) is 11.6 Å². The lowest BCUT2D eigenvalue weighted by Gasteiger charge is -2.27. The molecular formula is C21H21ClN4O2. The molecule has 1 heterocycles. The van der Waals surface area contributed by atoms with Gasteiger partial charge in [0.15, 0.2) is 0 Å². The molecule has 3 aromatic rings. The van der Waals surface area contributed by atoms with Gasteiger partial charge in [-0.15, -0.1) is 5.10 Å². The summed E-state index contributed by atoms with van der Waals surface area (Å²) in [5.41, 5.74) is 1.27. The van der Waals surface area contributed by atoms with Gasteiger partial charge in [0, 0.05) is 23.2 Å². The summed E-state index contributed by atoms with van der Waals surface area (Å²) in [7, 11) is 0. The molecule has 0 spiro atoms. The Morgan fingerprint density at radius 3 is 2.54 bits per heavy atom. The molecule has 0 saturated heterocycles. The summed E-state index contributed by atoms with van der Waals surface area (Å²) in [6.07, 6.45) is 3.39. The van der Waals surface area contributed by atoms with Crippen molar-refractivity contribution in [2.75, 3.05) is 5.32 Å². The van der Waals surface area contributed by atoms with E-state index in [0.717, 1.165) is 31.4 Å². The van der Waals surface area contributed by atoms with Crippen molar-refractivity contribution >= 4 is 34.1 Å². The fourth-order valence-corrected chi connectivity index (χ4v) is 3.90. The average molecular weight is 397 g/mol. The van der Waals surface area contributed by atoms with Gasteiger partial charge in [-0.3, -0.25) is 9.59 Å². The number of benzene rings is 2. The number of carbonyl (C=O) groups excluding carboxylic acids is 1. The van der Waals surface area contributed by atoms with Crippen LogP contribution in [0.5, 0.6) is 0 Å². The number of nitrogens with one attached hydrogen (secondary N) is 1. The van der Waals surface area contributed by atoms with Crippen LogP contribution in [0.15, 0.2) is 53.3 Å². The van der Waals surface area contributed by atoms with Crippen molar-refractivity contribution in [3.8, 4) is 0 Å². The molecule has 6 nitrogen and oxygen atoms in total. The van der Waals surface area contributed by atoms with Crippen LogP contribution >= 0.6 is 11.6 Å². The van der Waals surface area contributed by atoms with Gasteiger partial charge in [-0.05, 0) is 68.0 Å². The fraction of sp³-hybridized carbons (Fsp3) is 0.333. The van der Waals surface area contributed by atoms with Gasteiger partial charge >= 0.3 is 0 Å². The molecule has 1 aliphatic carbocycles. The van der Waals surface area contributed by atoms with Gasteiger partial charge in [0.25, 0.3) is 5.56 Å². The van der Waals surface area contributed by atoms with Gasteiger partial charge in [-0.25, -0.2) is 4.68 Å². The summed E-state index contributed by atoms with van der Waals surface area (Å²) in [6.45, 7) is 0.544. The Morgan fingerprint density at radius 2 is 1.79 bits per heavy atom. The number of nitrogens with zero attached hydrogens (tertiary/aromatic N) is 3. The first-order valence-electron chi connectivity index (χ1n) is 9.49. The van der Waals surface area contributed by atoms with Crippen molar-refractivity contribution in [3.05, 3.63) is 63.9 Å². The van der Waals surface area contributed by atoms with Crippen LogP contribution in [-0.2, 0) is 11.3 Å². The Bertz CT molecular complexity index is 1040. The predicted molar refractivity (Wildman–Crippen MR) is 109 cm³/mol. The molecule has 1 amide bonds. The zero-order valence-corrected chi connectivity index (χ0v) is 16.1. The number of rotatable bonds is 4. The maximum atomic E-state index is 12.6. The number of fused-ring (bicyclic) bond motifs is 1. The van der Waals surface area contributed by atoms with E-state index in [2.05, 4.69) is 15.6 Å². The molecule has 1 aromatic heterocycles. The van der Waals surface area contributed by atoms with Crippen LogP contribution < -0.4 is 10.9 Å². The largest absolute Gasteiger partial charge is 0.326 e. The van der Waals surface area contributed by atoms with E-state index in [9.17, 15) is 9.59 Å². The Balaban J connectivity index is 1.35.